The lowest BCUT2D eigenvalue weighted by molar-refractivity contribution is -0.0536. The lowest BCUT2D eigenvalue weighted by atomic mass is 10.1. The summed E-state index contributed by atoms with van der Waals surface area (Å²) in [4.78, 5) is 12.3. The number of hydrogen-bond acceptors (Lipinski definition) is 9. The Bertz CT molecular complexity index is 677. The number of nitrogens with two attached hydrogens (primary N) is 1. The third kappa shape index (κ3) is 2.16. The SMILES string of the molecule is COc1nc(N)c2ncn([C@@H]3O[C@H](CO)C(OC)C3O)c2n1. The van der Waals surface area contributed by atoms with Crippen molar-refractivity contribution in [1.82, 2.24) is 19.5 Å². The largest absolute Gasteiger partial charge is 0.467 e. The summed E-state index contributed by atoms with van der Waals surface area (Å²) in [5.74, 6) is 0.162. The number of methoxy groups -OCH3 is 2. The summed E-state index contributed by atoms with van der Waals surface area (Å²) in [6.45, 7) is -0.279. The molecule has 4 N–H and O–H groups in total. The molecule has 0 radical (unpaired) electrons. The lowest BCUT2D eigenvalue weighted by Gasteiger charge is -2.18. The minimum atomic E-state index is -0.998. The molecule has 120 valence electrons. The first-order valence-electron chi connectivity index (χ1n) is 6.62. The fraction of sp³-hybridized carbons (Fsp3) is 0.583. The molecule has 10 heteroatoms. The van der Waals surface area contributed by atoms with E-state index in [1.165, 1.54) is 25.1 Å². The van der Waals surface area contributed by atoms with Gasteiger partial charge in [0.2, 0.25) is 0 Å². The molecule has 1 aliphatic heterocycles. The molecule has 1 aliphatic rings. The molecule has 0 bridgehead atoms. The Labute approximate surface area is 125 Å². The van der Waals surface area contributed by atoms with Crippen LogP contribution in [0.5, 0.6) is 6.01 Å². The molecule has 2 aromatic rings. The standard InChI is InChI=1S/C12H17N5O5/c1-20-8-5(3-18)22-11(7(8)19)17-4-14-6-9(13)15-12(21-2)16-10(6)17/h4-5,7-8,11,18-19H,3H2,1-2H3,(H2,13,15,16)/t5-,7?,8?,11-/m1/s1. The minimum absolute atomic E-state index is 0.0845. The second kappa shape index (κ2) is 5.65. The minimum Gasteiger partial charge on any atom is -0.467 e. The highest BCUT2D eigenvalue weighted by atomic mass is 16.6. The van der Waals surface area contributed by atoms with Gasteiger partial charge in [0, 0.05) is 7.11 Å². The van der Waals surface area contributed by atoms with Gasteiger partial charge in [-0.1, -0.05) is 0 Å². The first kappa shape index (κ1) is 14.9. The Balaban J connectivity index is 2.05. The molecule has 22 heavy (non-hydrogen) atoms. The van der Waals surface area contributed by atoms with E-state index >= 15 is 0 Å². The normalized spacial score (nSPS) is 28.4. The van der Waals surface area contributed by atoms with E-state index in [4.69, 9.17) is 19.9 Å². The van der Waals surface area contributed by atoms with Crippen LogP contribution in [0.1, 0.15) is 6.23 Å². The second-order valence-electron chi connectivity index (χ2n) is 4.86. The van der Waals surface area contributed by atoms with E-state index in [0.29, 0.717) is 11.2 Å². The summed E-state index contributed by atoms with van der Waals surface area (Å²) in [6, 6.07) is 0.0845. The average Bonchev–Trinajstić information content (AvgIpc) is 3.07. The van der Waals surface area contributed by atoms with Gasteiger partial charge in [0.1, 0.15) is 18.3 Å². The van der Waals surface area contributed by atoms with Crippen LogP contribution in [0.4, 0.5) is 5.82 Å². The van der Waals surface area contributed by atoms with Crippen LogP contribution < -0.4 is 10.5 Å². The van der Waals surface area contributed by atoms with E-state index in [-0.39, 0.29) is 18.4 Å². The van der Waals surface area contributed by atoms with Crippen LogP contribution in [0.2, 0.25) is 0 Å². The van der Waals surface area contributed by atoms with Crippen molar-refractivity contribution in [1.29, 1.82) is 0 Å². The van der Waals surface area contributed by atoms with E-state index in [2.05, 4.69) is 15.0 Å². The molecule has 2 unspecified atom stereocenters. The number of anilines is 1. The summed E-state index contributed by atoms with van der Waals surface area (Å²) in [5, 5.41) is 19.7. The molecule has 2 aromatic heterocycles. The van der Waals surface area contributed by atoms with Gasteiger partial charge in [-0.15, -0.1) is 0 Å². The summed E-state index contributed by atoms with van der Waals surface area (Å²) in [5.41, 5.74) is 6.55. The molecule has 0 spiro atoms. The van der Waals surface area contributed by atoms with Gasteiger partial charge in [-0.3, -0.25) is 4.57 Å². The van der Waals surface area contributed by atoms with E-state index in [0.717, 1.165) is 0 Å². The summed E-state index contributed by atoms with van der Waals surface area (Å²) < 4.78 is 17.3. The van der Waals surface area contributed by atoms with Gasteiger partial charge >= 0.3 is 6.01 Å². The van der Waals surface area contributed by atoms with Gasteiger partial charge in [0.15, 0.2) is 23.2 Å². The van der Waals surface area contributed by atoms with Crippen molar-refractivity contribution in [2.75, 3.05) is 26.6 Å². The lowest BCUT2D eigenvalue weighted by Crippen LogP contribution is -2.35. The fourth-order valence-corrected chi connectivity index (χ4v) is 2.58. The van der Waals surface area contributed by atoms with Gasteiger partial charge in [0.25, 0.3) is 0 Å². The fourth-order valence-electron chi connectivity index (χ4n) is 2.58. The van der Waals surface area contributed by atoms with E-state index in [1.807, 2.05) is 0 Å². The van der Waals surface area contributed by atoms with Crippen molar-refractivity contribution < 1.29 is 24.4 Å². The highest BCUT2D eigenvalue weighted by molar-refractivity contribution is 5.82. The van der Waals surface area contributed by atoms with Crippen molar-refractivity contribution in [2.45, 2.75) is 24.5 Å². The zero-order valence-corrected chi connectivity index (χ0v) is 12.1. The molecule has 1 saturated heterocycles. The number of hydrogen-bond donors (Lipinski definition) is 3. The van der Waals surface area contributed by atoms with Crippen LogP contribution in [0.25, 0.3) is 11.2 Å². The Morgan fingerprint density at radius 1 is 1.41 bits per heavy atom. The van der Waals surface area contributed by atoms with Crippen LogP contribution in [0.15, 0.2) is 6.33 Å². The predicted octanol–water partition coefficient (Wildman–Crippen LogP) is -1.32. The molecular formula is C12H17N5O5. The van der Waals surface area contributed by atoms with E-state index in [1.54, 1.807) is 0 Å². The van der Waals surface area contributed by atoms with Gasteiger partial charge in [-0.2, -0.15) is 9.97 Å². The molecule has 0 aromatic carbocycles. The zero-order chi connectivity index (χ0) is 15.9. The maximum Gasteiger partial charge on any atom is 0.320 e. The first-order valence-corrected chi connectivity index (χ1v) is 6.62. The number of ether oxygens (including phenoxy) is 3. The Hall–Kier alpha value is -2.01. The number of nitrogens with zero attached hydrogens (tertiary/aromatic N) is 4. The molecular weight excluding hydrogens is 294 g/mol. The van der Waals surface area contributed by atoms with E-state index in [9.17, 15) is 10.2 Å². The highest BCUT2D eigenvalue weighted by Gasteiger charge is 2.45. The number of aliphatic hydroxyl groups excluding tert-OH is 2. The quantitative estimate of drug-likeness (QED) is 0.627. The first-order chi connectivity index (χ1) is 10.6. The Kier molecular flexibility index (Phi) is 3.83. The van der Waals surface area contributed by atoms with E-state index < -0.39 is 24.5 Å². The van der Waals surface area contributed by atoms with Crippen LogP contribution in [0, 0.1) is 0 Å². The number of aromatic nitrogens is 4. The number of nitrogen functional groups attached to an aromatic ring is 1. The number of imidazole rings is 1. The molecule has 3 rings (SSSR count). The third-order valence-electron chi connectivity index (χ3n) is 3.65. The molecule has 4 atom stereocenters. The maximum atomic E-state index is 10.4. The van der Waals surface area contributed by atoms with Crippen LogP contribution in [0.3, 0.4) is 0 Å². The van der Waals surface area contributed by atoms with Crippen LogP contribution in [-0.2, 0) is 9.47 Å². The second-order valence-corrected chi connectivity index (χ2v) is 4.86. The van der Waals surface area contributed by atoms with Gasteiger partial charge < -0.3 is 30.2 Å². The smallest absolute Gasteiger partial charge is 0.320 e. The van der Waals surface area contributed by atoms with Gasteiger partial charge in [-0.25, -0.2) is 4.98 Å². The Morgan fingerprint density at radius 3 is 2.77 bits per heavy atom. The van der Waals surface area contributed by atoms with Crippen LogP contribution >= 0.6 is 0 Å². The monoisotopic (exact) mass is 311 g/mol. The van der Waals surface area contributed by atoms with Crippen molar-refractivity contribution in [3.63, 3.8) is 0 Å². The molecule has 3 heterocycles. The van der Waals surface area contributed by atoms with Gasteiger partial charge in [-0.05, 0) is 0 Å². The summed E-state index contributed by atoms with van der Waals surface area (Å²) in [6.07, 6.45) is -1.68. The summed E-state index contributed by atoms with van der Waals surface area (Å²) in [7, 11) is 2.86. The van der Waals surface area contributed by atoms with Crippen LogP contribution in [-0.4, -0.2) is 68.9 Å². The highest BCUT2D eigenvalue weighted by Crippen LogP contribution is 2.33. The molecule has 10 nitrogen and oxygen atoms in total. The van der Waals surface area contributed by atoms with Crippen molar-refractivity contribution >= 4 is 17.0 Å². The molecule has 0 saturated carbocycles. The van der Waals surface area contributed by atoms with Gasteiger partial charge in [0.05, 0.1) is 20.0 Å². The number of aliphatic hydroxyl groups is 2. The molecule has 0 amide bonds. The Morgan fingerprint density at radius 2 is 2.18 bits per heavy atom. The number of rotatable bonds is 4. The topological polar surface area (TPSA) is 138 Å². The van der Waals surface area contributed by atoms with Crippen molar-refractivity contribution in [3.05, 3.63) is 6.33 Å². The number of fused-ring (bicyclic) bond motifs is 1. The third-order valence-corrected chi connectivity index (χ3v) is 3.65. The van der Waals surface area contributed by atoms with Crippen molar-refractivity contribution in [3.8, 4) is 6.01 Å². The summed E-state index contributed by atoms with van der Waals surface area (Å²) >= 11 is 0. The average molecular weight is 311 g/mol. The van der Waals surface area contributed by atoms with Crippen molar-refractivity contribution in [2.24, 2.45) is 0 Å². The predicted molar refractivity (Wildman–Crippen MR) is 74.1 cm³/mol. The maximum absolute atomic E-state index is 10.4. The molecule has 1 fully saturated rings. The molecule has 0 aliphatic carbocycles. The zero-order valence-electron chi connectivity index (χ0n) is 12.1.